The molecule has 0 fully saturated rings. The first-order valence-corrected chi connectivity index (χ1v) is 9.27. The van der Waals surface area contributed by atoms with E-state index in [1.807, 2.05) is 0 Å². The van der Waals surface area contributed by atoms with E-state index >= 15 is 0 Å². The molecule has 7 nitrogen and oxygen atoms in total. The highest BCUT2D eigenvalue weighted by molar-refractivity contribution is 7.91. The molecule has 1 atom stereocenters. The minimum atomic E-state index is -2.85. The third kappa shape index (κ3) is 3.09. The number of pyridine rings is 1. The van der Waals surface area contributed by atoms with Gasteiger partial charge in [-0.2, -0.15) is 0 Å². The highest BCUT2D eigenvalue weighted by Gasteiger charge is 2.15. The standard InChI is InChI=1S/C17H15N5O2S/c1-11-16(12-4-6-13(19-2)7-5-12)17(23)22(21-11)15-9-8-14(10-20-15)25(3,18)24/h4-10,18,21H,1,3H3/t25-/m0/s1. The average Bonchev–Trinajstić information content (AvgIpc) is 2.89. The maximum Gasteiger partial charge on any atom is 0.280 e. The Bertz CT molecular complexity index is 1130. The SMILES string of the molecule is [C-]#[N+]c1ccc(-c2c(C)[nH]n(-c3ccc([S@@](C)(=N)=O)cn3)c2=O)cc1. The summed E-state index contributed by atoms with van der Waals surface area (Å²) in [6.07, 6.45) is 2.66. The van der Waals surface area contributed by atoms with Crippen LogP contribution < -0.4 is 5.56 Å². The van der Waals surface area contributed by atoms with Crippen LogP contribution in [0.2, 0.25) is 0 Å². The lowest BCUT2D eigenvalue weighted by atomic mass is 10.1. The number of rotatable bonds is 3. The molecule has 0 amide bonds. The van der Waals surface area contributed by atoms with E-state index in [0.717, 1.165) is 0 Å². The van der Waals surface area contributed by atoms with E-state index in [0.29, 0.717) is 33.2 Å². The average molecular weight is 353 g/mol. The van der Waals surface area contributed by atoms with Gasteiger partial charge in [0.2, 0.25) is 0 Å². The summed E-state index contributed by atoms with van der Waals surface area (Å²) < 4.78 is 20.6. The van der Waals surface area contributed by atoms with Crippen LogP contribution in [0.3, 0.4) is 0 Å². The van der Waals surface area contributed by atoms with E-state index in [4.69, 9.17) is 11.4 Å². The van der Waals surface area contributed by atoms with Gasteiger partial charge >= 0.3 is 0 Å². The van der Waals surface area contributed by atoms with E-state index in [1.54, 1.807) is 37.3 Å². The van der Waals surface area contributed by atoms with Gasteiger partial charge in [0.15, 0.2) is 11.5 Å². The maximum absolute atomic E-state index is 12.8. The molecule has 0 saturated heterocycles. The molecule has 0 aliphatic rings. The Morgan fingerprint density at radius 3 is 2.44 bits per heavy atom. The van der Waals surface area contributed by atoms with Crippen molar-refractivity contribution in [3.05, 3.63) is 70.1 Å². The molecule has 2 heterocycles. The normalized spacial score (nSPS) is 13.2. The predicted molar refractivity (Wildman–Crippen MR) is 95.7 cm³/mol. The summed E-state index contributed by atoms with van der Waals surface area (Å²) >= 11 is 0. The third-order valence-corrected chi connectivity index (χ3v) is 4.90. The van der Waals surface area contributed by atoms with E-state index in [-0.39, 0.29) is 5.56 Å². The predicted octanol–water partition coefficient (Wildman–Crippen LogP) is 3.12. The Kier molecular flexibility index (Phi) is 4.02. The first kappa shape index (κ1) is 16.7. The number of nitrogens with one attached hydrogen (secondary N) is 2. The van der Waals surface area contributed by atoms with E-state index in [1.165, 1.54) is 23.2 Å². The summed E-state index contributed by atoms with van der Waals surface area (Å²) in [7, 11) is -2.85. The molecule has 0 saturated carbocycles. The summed E-state index contributed by atoms with van der Waals surface area (Å²) in [5, 5.41) is 2.98. The number of aromatic amines is 1. The van der Waals surface area contributed by atoms with Crippen LogP contribution in [0.5, 0.6) is 0 Å². The molecule has 8 heteroatoms. The van der Waals surface area contributed by atoms with Gasteiger partial charge in [-0.1, -0.05) is 24.3 Å². The largest absolute Gasteiger partial charge is 0.293 e. The number of aromatic nitrogens is 3. The van der Waals surface area contributed by atoms with Crippen LogP contribution in [0, 0.1) is 18.3 Å². The van der Waals surface area contributed by atoms with Crippen molar-refractivity contribution < 1.29 is 4.21 Å². The van der Waals surface area contributed by atoms with Crippen molar-refractivity contribution in [3.8, 4) is 16.9 Å². The number of nitrogens with zero attached hydrogens (tertiary/aromatic N) is 3. The van der Waals surface area contributed by atoms with E-state index < -0.39 is 9.73 Å². The molecule has 0 aliphatic carbocycles. The van der Waals surface area contributed by atoms with Crippen molar-refractivity contribution in [3.63, 3.8) is 0 Å². The van der Waals surface area contributed by atoms with Crippen molar-refractivity contribution in [1.29, 1.82) is 4.78 Å². The van der Waals surface area contributed by atoms with Crippen LogP contribution in [0.1, 0.15) is 5.69 Å². The van der Waals surface area contributed by atoms with Crippen LogP contribution in [0.15, 0.2) is 52.3 Å². The van der Waals surface area contributed by atoms with Crippen molar-refractivity contribution in [2.45, 2.75) is 11.8 Å². The van der Waals surface area contributed by atoms with Crippen LogP contribution in [-0.2, 0) is 9.73 Å². The van der Waals surface area contributed by atoms with Crippen LogP contribution in [0.25, 0.3) is 21.8 Å². The molecule has 25 heavy (non-hydrogen) atoms. The zero-order valence-corrected chi connectivity index (χ0v) is 14.4. The fraction of sp³-hybridized carbons (Fsp3) is 0.118. The molecule has 2 N–H and O–H groups in total. The van der Waals surface area contributed by atoms with Gasteiger partial charge in [0.05, 0.1) is 26.8 Å². The molecule has 0 radical (unpaired) electrons. The van der Waals surface area contributed by atoms with Crippen molar-refractivity contribution in [1.82, 2.24) is 14.8 Å². The topological polar surface area (TPSA) is 96.0 Å². The Morgan fingerprint density at radius 2 is 1.92 bits per heavy atom. The molecular weight excluding hydrogens is 338 g/mol. The van der Waals surface area contributed by atoms with Crippen LogP contribution >= 0.6 is 0 Å². The second-order valence-corrected chi connectivity index (χ2v) is 7.77. The smallest absolute Gasteiger partial charge is 0.280 e. The maximum atomic E-state index is 12.8. The number of benzene rings is 1. The monoisotopic (exact) mass is 353 g/mol. The van der Waals surface area contributed by atoms with Gasteiger partial charge in [-0.25, -0.2) is 23.5 Å². The Balaban J connectivity index is 2.08. The summed E-state index contributed by atoms with van der Waals surface area (Å²) in [6.45, 7) is 8.78. The van der Waals surface area contributed by atoms with Gasteiger partial charge in [-0.05, 0) is 24.6 Å². The fourth-order valence-electron chi connectivity index (χ4n) is 2.49. The van der Waals surface area contributed by atoms with Gasteiger partial charge in [0.25, 0.3) is 5.56 Å². The molecule has 1 aromatic carbocycles. The minimum Gasteiger partial charge on any atom is -0.293 e. The third-order valence-electron chi connectivity index (χ3n) is 3.76. The second-order valence-electron chi connectivity index (χ2n) is 5.61. The highest BCUT2D eigenvalue weighted by Crippen LogP contribution is 2.23. The molecule has 0 unspecified atom stereocenters. The first-order chi connectivity index (χ1) is 11.8. The van der Waals surface area contributed by atoms with Gasteiger partial charge in [0.1, 0.15) is 0 Å². The quantitative estimate of drug-likeness (QED) is 0.708. The molecule has 126 valence electrons. The molecule has 3 rings (SSSR count). The van der Waals surface area contributed by atoms with Crippen LogP contribution in [0.4, 0.5) is 5.69 Å². The molecule has 3 aromatic rings. The van der Waals surface area contributed by atoms with Crippen molar-refractivity contribution >= 4 is 15.4 Å². The Labute approximate surface area is 144 Å². The van der Waals surface area contributed by atoms with Crippen LogP contribution in [-0.4, -0.2) is 25.2 Å². The minimum absolute atomic E-state index is 0.267. The molecular formula is C17H15N5O2S. The molecule has 0 aliphatic heterocycles. The lowest BCUT2D eigenvalue weighted by Gasteiger charge is -2.03. The van der Waals surface area contributed by atoms with Gasteiger partial charge in [0, 0.05) is 18.1 Å². The van der Waals surface area contributed by atoms with Crippen molar-refractivity contribution in [2.24, 2.45) is 0 Å². The number of hydrogen-bond donors (Lipinski definition) is 2. The van der Waals surface area contributed by atoms with E-state index in [2.05, 4.69) is 14.9 Å². The Hall–Kier alpha value is -3.18. The van der Waals surface area contributed by atoms with Gasteiger partial charge < -0.3 is 0 Å². The summed E-state index contributed by atoms with van der Waals surface area (Å²) in [4.78, 5) is 20.6. The van der Waals surface area contributed by atoms with Gasteiger partial charge in [-0.3, -0.25) is 9.89 Å². The summed E-state index contributed by atoms with van der Waals surface area (Å²) in [5.41, 5.74) is 2.13. The summed E-state index contributed by atoms with van der Waals surface area (Å²) in [6, 6.07) is 9.88. The molecule has 0 spiro atoms. The zero-order chi connectivity index (χ0) is 18.2. The molecule has 0 bridgehead atoms. The highest BCUT2D eigenvalue weighted by atomic mass is 32.2. The summed E-state index contributed by atoms with van der Waals surface area (Å²) in [5.74, 6) is 0.351. The zero-order valence-electron chi connectivity index (χ0n) is 13.6. The number of H-pyrrole nitrogens is 1. The van der Waals surface area contributed by atoms with Crippen molar-refractivity contribution in [2.75, 3.05) is 6.26 Å². The van der Waals surface area contributed by atoms with E-state index in [9.17, 15) is 9.00 Å². The first-order valence-electron chi connectivity index (χ1n) is 7.31. The number of aryl methyl sites for hydroxylation is 1. The second kappa shape index (κ2) is 6.03. The van der Waals surface area contributed by atoms with Gasteiger partial charge in [-0.15, -0.1) is 0 Å². The lowest BCUT2D eigenvalue weighted by molar-refractivity contribution is 0.678. The molecule has 2 aromatic heterocycles. The Morgan fingerprint density at radius 1 is 1.24 bits per heavy atom. The lowest BCUT2D eigenvalue weighted by Crippen LogP contribution is -2.17. The fourth-order valence-corrected chi connectivity index (χ4v) is 3.07. The number of hydrogen-bond acceptors (Lipinski definition) is 4.